The summed E-state index contributed by atoms with van der Waals surface area (Å²) in [6.45, 7) is 5.52. The molecule has 1 aromatic heterocycles. The third kappa shape index (κ3) is 5.00. The first-order valence-electron chi connectivity index (χ1n) is 9.47. The van der Waals surface area contributed by atoms with Gasteiger partial charge in [-0.05, 0) is 69.5 Å². The number of thiophene rings is 1. The van der Waals surface area contributed by atoms with Crippen LogP contribution in [-0.4, -0.2) is 38.4 Å². The molecule has 1 aliphatic heterocycles. The molecule has 2 atom stereocenters. The van der Waals surface area contributed by atoms with E-state index in [4.69, 9.17) is 5.14 Å². The Kier molecular flexibility index (Phi) is 6.54. The normalized spacial score (nSPS) is 18.9. The second-order valence-corrected chi connectivity index (χ2v) is 10.1. The van der Waals surface area contributed by atoms with Crippen LogP contribution in [0.4, 0.5) is 0 Å². The summed E-state index contributed by atoms with van der Waals surface area (Å²) in [4.78, 5) is 17.7. The number of aryl methyl sites for hydroxylation is 1. The molecule has 1 aromatic carbocycles. The molecule has 2 aromatic rings. The molecule has 0 radical (unpaired) electrons. The Morgan fingerprint density at radius 3 is 2.61 bits per heavy atom. The molecule has 1 fully saturated rings. The van der Waals surface area contributed by atoms with Crippen LogP contribution in [0.2, 0.25) is 0 Å². The molecule has 8 heteroatoms. The lowest BCUT2D eigenvalue weighted by atomic mass is 10.1. The second kappa shape index (κ2) is 8.73. The number of benzene rings is 1. The number of carbonyl (C=O) groups is 1. The van der Waals surface area contributed by atoms with Crippen LogP contribution in [0.5, 0.6) is 0 Å². The van der Waals surface area contributed by atoms with E-state index in [1.54, 1.807) is 12.1 Å². The zero-order valence-corrected chi connectivity index (χ0v) is 17.9. The van der Waals surface area contributed by atoms with Gasteiger partial charge in [-0.1, -0.05) is 12.1 Å². The highest BCUT2D eigenvalue weighted by atomic mass is 32.2. The molecule has 152 valence electrons. The predicted molar refractivity (Wildman–Crippen MR) is 112 cm³/mol. The molecule has 1 aliphatic rings. The number of likely N-dealkylation sites (tertiary alicyclic amines) is 1. The van der Waals surface area contributed by atoms with Gasteiger partial charge < -0.3 is 5.32 Å². The number of sulfonamides is 1. The number of hydrogen-bond donors (Lipinski definition) is 2. The van der Waals surface area contributed by atoms with Gasteiger partial charge in [0, 0.05) is 22.3 Å². The molecule has 6 nitrogen and oxygen atoms in total. The lowest BCUT2D eigenvalue weighted by molar-refractivity contribution is -0.126. The van der Waals surface area contributed by atoms with Crippen molar-refractivity contribution in [1.82, 2.24) is 10.2 Å². The lowest BCUT2D eigenvalue weighted by Crippen LogP contribution is -2.45. The van der Waals surface area contributed by atoms with Crippen LogP contribution in [0.25, 0.3) is 0 Å². The molecule has 1 saturated heterocycles. The maximum atomic E-state index is 12.6. The Bertz CT molecular complexity index is 922. The molecule has 28 heavy (non-hydrogen) atoms. The van der Waals surface area contributed by atoms with Gasteiger partial charge in [0.2, 0.25) is 15.9 Å². The zero-order chi connectivity index (χ0) is 20.3. The van der Waals surface area contributed by atoms with Crippen LogP contribution in [0.1, 0.15) is 41.1 Å². The summed E-state index contributed by atoms with van der Waals surface area (Å²) in [7, 11) is -3.68. The minimum Gasteiger partial charge on any atom is -0.354 e. The zero-order valence-electron chi connectivity index (χ0n) is 16.2. The fourth-order valence-electron chi connectivity index (χ4n) is 3.66. The molecule has 3 N–H and O–H groups in total. The number of nitrogens with two attached hydrogens (primary N) is 1. The van der Waals surface area contributed by atoms with Gasteiger partial charge in [0.1, 0.15) is 0 Å². The third-order valence-corrected chi connectivity index (χ3v) is 7.26. The van der Waals surface area contributed by atoms with Crippen molar-refractivity contribution in [1.29, 1.82) is 0 Å². The van der Waals surface area contributed by atoms with Crippen molar-refractivity contribution in [2.24, 2.45) is 5.14 Å². The summed E-state index contributed by atoms with van der Waals surface area (Å²) in [6, 6.07) is 10.9. The Hall–Kier alpha value is -1.74. The van der Waals surface area contributed by atoms with Gasteiger partial charge in [0.25, 0.3) is 0 Å². The number of nitrogens with zero attached hydrogens (tertiary/aromatic N) is 1. The number of hydrogen-bond acceptors (Lipinski definition) is 5. The van der Waals surface area contributed by atoms with Crippen LogP contribution < -0.4 is 10.5 Å². The van der Waals surface area contributed by atoms with Crippen molar-refractivity contribution in [3.05, 3.63) is 51.7 Å². The van der Waals surface area contributed by atoms with Crippen LogP contribution >= 0.6 is 11.3 Å². The topological polar surface area (TPSA) is 92.5 Å². The number of nitrogens with one attached hydrogen (secondary N) is 1. The highest BCUT2D eigenvalue weighted by molar-refractivity contribution is 7.89. The van der Waals surface area contributed by atoms with E-state index in [-0.39, 0.29) is 16.8 Å². The average Bonchev–Trinajstić information content (AvgIpc) is 3.29. The van der Waals surface area contributed by atoms with E-state index in [2.05, 4.69) is 29.3 Å². The third-order valence-electron chi connectivity index (χ3n) is 5.23. The van der Waals surface area contributed by atoms with E-state index in [0.29, 0.717) is 19.0 Å². The van der Waals surface area contributed by atoms with Gasteiger partial charge in [-0.15, -0.1) is 11.3 Å². The number of rotatable bonds is 7. The van der Waals surface area contributed by atoms with E-state index < -0.39 is 10.0 Å². The second-order valence-electron chi connectivity index (χ2n) is 7.25. The molecular weight excluding hydrogens is 394 g/mol. The maximum absolute atomic E-state index is 12.6. The Morgan fingerprint density at radius 2 is 2.00 bits per heavy atom. The maximum Gasteiger partial charge on any atom is 0.238 e. The largest absolute Gasteiger partial charge is 0.354 e. The molecule has 1 amide bonds. The predicted octanol–water partition coefficient (Wildman–Crippen LogP) is 2.59. The summed E-state index contributed by atoms with van der Waals surface area (Å²) in [5, 5.41) is 8.12. The van der Waals surface area contributed by atoms with E-state index in [9.17, 15) is 13.2 Å². The van der Waals surface area contributed by atoms with E-state index in [1.807, 2.05) is 18.3 Å². The van der Waals surface area contributed by atoms with Crippen LogP contribution in [0.15, 0.2) is 41.3 Å². The Balaban J connectivity index is 1.53. The van der Waals surface area contributed by atoms with E-state index in [1.165, 1.54) is 21.9 Å². The quantitative estimate of drug-likeness (QED) is 0.719. The number of carbonyl (C=O) groups excluding carboxylic acids is 1. The van der Waals surface area contributed by atoms with Crippen molar-refractivity contribution in [2.45, 2.75) is 50.1 Å². The monoisotopic (exact) mass is 421 g/mol. The molecule has 0 spiro atoms. The molecular formula is C20H27N3O3S2. The minimum absolute atomic E-state index is 0.0290. The smallest absolute Gasteiger partial charge is 0.238 e. The lowest BCUT2D eigenvalue weighted by Gasteiger charge is -2.29. The van der Waals surface area contributed by atoms with Crippen molar-refractivity contribution >= 4 is 27.3 Å². The molecule has 0 aliphatic carbocycles. The van der Waals surface area contributed by atoms with Gasteiger partial charge in [-0.3, -0.25) is 9.69 Å². The van der Waals surface area contributed by atoms with Gasteiger partial charge in [0.05, 0.1) is 10.9 Å². The SMILES string of the molecule is Cc1ccc(C2CCCN2C(C)C(=O)NCCc2ccc(S(N)(=O)=O)cc2)s1. The summed E-state index contributed by atoms with van der Waals surface area (Å²) in [6.07, 6.45) is 2.83. The highest BCUT2D eigenvalue weighted by Crippen LogP contribution is 2.37. The summed E-state index contributed by atoms with van der Waals surface area (Å²) < 4.78 is 22.6. The summed E-state index contributed by atoms with van der Waals surface area (Å²) in [5.74, 6) is 0.0290. The van der Waals surface area contributed by atoms with Gasteiger partial charge in [0.15, 0.2) is 0 Å². The molecule has 0 bridgehead atoms. The van der Waals surface area contributed by atoms with Crippen molar-refractivity contribution in [3.8, 4) is 0 Å². The van der Waals surface area contributed by atoms with Crippen LogP contribution in [-0.2, 0) is 21.2 Å². The molecule has 2 heterocycles. The number of amides is 1. The summed E-state index contributed by atoms with van der Waals surface area (Å²) in [5.41, 5.74) is 0.952. The van der Waals surface area contributed by atoms with Crippen molar-refractivity contribution in [3.63, 3.8) is 0 Å². The standard InChI is InChI=1S/C20H27N3O3S2/c1-14-5-10-19(27-14)18-4-3-13-23(18)15(2)20(24)22-12-11-16-6-8-17(9-7-16)28(21,25)26/h5-10,15,18H,3-4,11-13H2,1-2H3,(H,22,24)(H2,21,25,26). The first-order chi connectivity index (χ1) is 13.3. The van der Waals surface area contributed by atoms with Crippen LogP contribution in [0, 0.1) is 6.92 Å². The van der Waals surface area contributed by atoms with Gasteiger partial charge >= 0.3 is 0 Å². The fraction of sp³-hybridized carbons (Fsp3) is 0.450. The van der Waals surface area contributed by atoms with Crippen LogP contribution in [0.3, 0.4) is 0 Å². The van der Waals surface area contributed by atoms with Crippen molar-refractivity contribution in [2.75, 3.05) is 13.1 Å². The minimum atomic E-state index is -3.68. The average molecular weight is 422 g/mol. The van der Waals surface area contributed by atoms with Crippen molar-refractivity contribution < 1.29 is 13.2 Å². The van der Waals surface area contributed by atoms with E-state index in [0.717, 1.165) is 24.9 Å². The first-order valence-corrected chi connectivity index (χ1v) is 11.8. The molecule has 0 saturated carbocycles. The fourth-order valence-corrected chi connectivity index (χ4v) is 5.21. The Morgan fingerprint density at radius 1 is 1.29 bits per heavy atom. The Labute approximate surface area is 170 Å². The first kappa shape index (κ1) is 21.0. The van der Waals surface area contributed by atoms with Gasteiger partial charge in [-0.2, -0.15) is 0 Å². The highest BCUT2D eigenvalue weighted by Gasteiger charge is 2.33. The molecule has 3 rings (SSSR count). The molecule has 2 unspecified atom stereocenters. The summed E-state index contributed by atoms with van der Waals surface area (Å²) >= 11 is 1.81. The number of primary sulfonamides is 1. The van der Waals surface area contributed by atoms with Gasteiger partial charge in [-0.25, -0.2) is 13.6 Å². The van der Waals surface area contributed by atoms with E-state index >= 15 is 0 Å².